The number of allylic oxidation sites excluding steroid dienone is 1. The standard InChI is InChI=1S/C20H19NO2/c1-15-9-11-18(12-10-15)20(2,17-7-5-4-6-8-17)13-16(14-21)19(22)23-3/h4-13H,1-3H3/b16-13-. The summed E-state index contributed by atoms with van der Waals surface area (Å²) in [4.78, 5) is 11.8. The number of nitriles is 1. The number of benzene rings is 2. The summed E-state index contributed by atoms with van der Waals surface area (Å²) in [5, 5.41) is 9.31. The average Bonchev–Trinajstić information content (AvgIpc) is 2.60. The number of hydrogen-bond donors (Lipinski definition) is 0. The lowest BCUT2D eigenvalue weighted by Crippen LogP contribution is -2.23. The summed E-state index contributed by atoms with van der Waals surface area (Å²) in [5.74, 6) is -0.623. The van der Waals surface area contributed by atoms with Crippen molar-refractivity contribution in [3.05, 3.63) is 82.9 Å². The lowest BCUT2D eigenvalue weighted by atomic mass is 9.75. The van der Waals surface area contributed by atoms with E-state index in [4.69, 9.17) is 4.74 Å². The maximum atomic E-state index is 11.8. The fourth-order valence-corrected chi connectivity index (χ4v) is 2.55. The van der Waals surface area contributed by atoms with Gasteiger partial charge in [-0.15, -0.1) is 0 Å². The van der Waals surface area contributed by atoms with Crippen LogP contribution < -0.4 is 0 Å². The van der Waals surface area contributed by atoms with Crippen molar-refractivity contribution in [2.45, 2.75) is 19.3 Å². The molecule has 3 heteroatoms. The van der Waals surface area contributed by atoms with E-state index in [9.17, 15) is 10.1 Å². The van der Waals surface area contributed by atoms with Crippen molar-refractivity contribution in [3.63, 3.8) is 0 Å². The molecule has 0 bridgehead atoms. The van der Waals surface area contributed by atoms with Crippen LogP contribution in [0.5, 0.6) is 0 Å². The number of nitrogens with zero attached hydrogens (tertiary/aromatic N) is 1. The summed E-state index contributed by atoms with van der Waals surface area (Å²) in [6.07, 6.45) is 1.68. The summed E-state index contributed by atoms with van der Waals surface area (Å²) < 4.78 is 4.71. The average molecular weight is 305 g/mol. The molecule has 0 radical (unpaired) electrons. The van der Waals surface area contributed by atoms with Gasteiger partial charge in [0, 0.05) is 5.41 Å². The van der Waals surface area contributed by atoms with Crippen molar-refractivity contribution in [3.8, 4) is 6.07 Å². The fraction of sp³-hybridized carbons (Fsp3) is 0.200. The van der Waals surface area contributed by atoms with Gasteiger partial charge < -0.3 is 4.74 Å². The van der Waals surface area contributed by atoms with Crippen molar-refractivity contribution in [2.75, 3.05) is 7.11 Å². The summed E-state index contributed by atoms with van der Waals surface area (Å²) in [6.45, 7) is 4.02. The Morgan fingerprint density at radius 2 is 1.65 bits per heavy atom. The molecule has 0 heterocycles. The molecule has 0 saturated carbocycles. The predicted molar refractivity (Wildman–Crippen MR) is 89.8 cm³/mol. The Kier molecular flexibility index (Phi) is 4.98. The van der Waals surface area contributed by atoms with E-state index >= 15 is 0 Å². The van der Waals surface area contributed by atoms with Crippen LogP contribution in [-0.2, 0) is 14.9 Å². The quantitative estimate of drug-likeness (QED) is 0.488. The van der Waals surface area contributed by atoms with Crippen LogP contribution in [0.15, 0.2) is 66.2 Å². The molecule has 0 N–H and O–H groups in total. The van der Waals surface area contributed by atoms with Gasteiger partial charge in [-0.1, -0.05) is 60.2 Å². The maximum absolute atomic E-state index is 11.8. The second-order valence-electron chi connectivity index (χ2n) is 5.60. The molecule has 2 aromatic rings. The van der Waals surface area contributed by atoms with Crippen LogP contribution in [0.1, 0.15) is 23.6 Å². The van der Waals surface area contributed by atoms with Crippen LogP contribution in [0.3, 0.4) is 0 Å². The minimum absolute atomic E-state index is 0.000530. The molecule has 0 amide bonds. The highest BCUT2D eigenvalue weighted by molar-refractivity contribution is 5.93. The number of carbonyl (C=O) groups excluding carboxylic acids is 1. The highest BCUT2D eigenvalue weighted by atomic mass is 16.5. The maximum Gasteiger partial charge on any atom is 0.348 e. The van der Waals surface area contributed by atoms with Gasteiger partial charge in [-0.3, -0.25) is 0 Å². The molecule has 2 rings (SSSR count). The normalized spacial score (nSPS) is 13.7. The molecule has 0 spiro atoms. The van der Waals surface area contributed by atoms with Gasteiger partial charge in [-0.2, -0.15) is 5.26 Å². The lowest BCUT2D eigenvalue weighted by Gasteiger charge is -2.28. The first-order valence-electron chi connectivity index (χ1n) is 7.35. The molecule has 1 atom stereocenters. The monoisotopic (exact) mass is 305 g/mol. The summed E-state index contributed by atoms with van der Waals surface area (Å²) in [5.41, 5.74) is 2.56. The van der Waals surface area contributed by atoms with Gasteiger partial charge in [0.05, 0.1) is 7.11 Å². The largest absolute Gasteiger partial charge is 0.465 e. The predicted octanol–water partition coefficient (Wildman–Crippen LogP) is 3.92. The first-order valence-corrected chi connectivity index (χ1v) is 7.35. The van der Waals surface area contributed by atoms with Crippen LogP contribution >= 0.6 is 0 Å². The minimum atomic E-state index is -0.623. The number of methoxy groups -OCH3 is 1. The zero-order valence-corrected chi connectivity index (χ0v) is 13.5. The molecule has 0 aliphatic carbocycles. The third-order valence-corrected chi connectivity index (χ3v) is 3.98. The number of rotatable bonds is 4. The minimum Gasteiger partial charge on any atom is -0.465 e. The second-order valence-corrected chi connectivity index (χ2v) is 5.60. The van der Waals surface area contributed by atoms with Gasteiger partial charge in [-0.25, -0.2) is 4.79 Å². The van der Waals surface area contributed by atoms with E-state index in [0.29, 0.717) is 0 Å². The van der Waals surface area contributed by atoms with Gasteiger partial charge >= 0.3 is 5.97 Å². The fourth-order valence-electron chi connectivity index (χ4n) is 2.55. The van der Waals surface area contributed by atoms with Crippen molar-refractivity contribution in [1.82, 2.24) is 0 Å². The van der Waals surface area contributed by atoms with Crippen LogP contribution in [0.25, 0.3) is 0 Å². The highest BCUT2D eigenvalue weighted by Crippen LogP contribution is 2.34. The Bertz CT molecular complexity index is 754. The van der Waals surface area contributed by atoms with E-state index in [2.05, 4.69) is 0 Å². The summed E-state index contributed by atoms with van der Waals surface area (Å²) in [7, 11) is 1.28. The first-order chi connectivity index (χ1) is 11.0. The Hall–Kier alpha value is -2.86. The zero-order chi connectivity index (χ0) is 16.9. The number of aryl methyl sites for hydroxylation is 1. The van der Waals surface area contributed by atoms with E-state index in [1.807, 2.05) is 74.5 Å². The number of esters is 1. The molecule has 2 aromatic carbocycles. The topological polar surface area (TPSA) is 50.1 Å². The zero-order valence-electron chi connectivity index (χ0n) is 13.5. The van der Waals surface area contributed by atoms with Gasteiger partial charge in [0.2, 0.25) is 0 Å². The molecule has 23 heavy (non-hydrogen) atoms. The SMILES string of the molecule is COC(=O)/C(C#N)=C\C(C)(c1ccccc1)c1ccc(C)cc1. The van der Waals surface area contributed by atoms with Gasteiger partial charge in [0.25, 0.3) is 0 Å². The first kappa shape index (κ1) is 16.5. The van der Waals surface area contributed by atoms with E-state index in [1.54, 1.807) is 6.08 Å². The van der Waals surface area contributed by atoms with Crippen molar-refractivity contribution in [2.24, 2.45) is 0 Å². The Morgan fingerprint density at radius 3 is 2.17 bits per heavy atom. The van der Waals surface area contributed by atoms with E-state index in [0.717, 1.165) is 16.7 Å². The third-order valence-electron chi connectivity index (χ3n) is 3.98. The van der Waals surface area contributed by atoms with E-state index in [-0.39, 0.29) is 5.57 Å². The Labute approximate surface area is 136 Å². The Morgan fingerprint density at radius 1 is 1.09 bits per heavy atom. The molecule has 0 aliphatic heterocycles. The smallest absolute Gasteiger partial charge is 0.348 e. The van der Waals surface area contributed by atoms with Crippen molar-refractivity contribution >= 4 is 5.97 Å². The number of ether oxygens (including phenoxy) is 1. The molecule has 0 fully saturated rings. The molecular weight excluding hydrogens is 286 g/mol. The highest BCUT2D eigenvalue weighted by Gasteiger charge is 2.28. The molecule has 0 aromatic heterocycles. The lowest BCUT2D eigenvalue weighted by molar-refractivity contribution is -0.135. The van der Waals surface area contributed by atoms with Crippen LogP contribution in [-0.4, -0.2) is 13.1 Å². The number of hydrogen-bond acceptors (Lipinski definition) is 3. The summed E-state index contributed by atoms with van der Waals surface area (Å²) in [6, 6.07) is 19.8. The third kappa shape index (κ3) is 3.49. The van der Waals surface area contributed by atoms with Crippen molar-refractivity contribution < 1.29 is 9.53 Å². The molecule has 0 aliphatic rings. The van der Waals surface area contributed by atoms with Gasteiger partial charge in [0.15, 0.2) is 0 Å². The van der Waals surface area contributed by atoms with E-state index in [1.165, 1.54) is 7.11 Å². The molecule has 3 nitrogen and oxygen atoms in total. The number of carbonyl (C=O) groups is 1. The molecular formula is C20H19NO2. The van der Waals surface area contributed by atoms with Gasteiger partial charge in [-0.05, 0) is 31.1 Å². The van der Waals surface area contributed by atoms with Gasteiger partial charge in [0.1, 0.15) is 11.6 Å². The molecule has 116 valence electrons. The Balaban J connectivity index is 2.66. The van der Waals surface area contributed by atoms with Crippen LogP contribution in [0, 0.1) is 18.3 Å². The second kappa shape index (κ2) is 6.93. The molecule has 1 unspecified atom stereocenters. The van der Waals surface area contributed by atoms with Crippen LogP contribution in [0.2, 0.25) is 0 Å². The van der Waals surface area contributed by atoms with E-state index < -0.39 is 11.4 Å². The summed E-state index contributed by atoms with van der Waals surface area (Å²) >= 11 is 0. The molecule has 0 saturated heterocycles. The van der Waals surface area contributed by atoms with Crippen molar-refractivity contribution in [1.29, 1.82) is 5.26 Å². The van der Waals surface area contributed by atoms with Crippen LogP contribution in [0.4, 0.5) is 0 Å².